The van der Waals surface area contributed by atoms with Crippen LogP contribution in [0.1, 0.15) is 16.1 Å². The highest BCUT2D eigenvalue weighted by Crippen LogP contribution is 2.26. The topological polar surface area (TPSA) is 62.7 Å². The maximum atomic E-state index is 12.2. The van der Waals surface area contributed by atoms with Crippen LogP contribution in [0.4, 0.5) is 0 Å². The van der Waals surface area contributed by atoms with Crippen LogP contribution in [-0.2, 0) is 6.54 Å². The summed E-state index contributed by atoms with van der Waals surface area (Å²) in [4.78, 5) is 18.0. The monoisotopic (exact) mass is 272 g/mol. The molecule has 0 aliphatic carbocycles. The number of aromatic nitrogens is 1. The minimum Gasteiger partial charge on any atom is -0.504 e. The second-order valence-corrected chi connectivity index (χ2v) is 4.37. The first-order valence-electron chi connectivity index (χ1n) is 6.14. The number of phenols is 1. The summed E-state index contributed by atoms with van der Waals surface area (Å²) in [7, 11) is 3.15. The molecule has 1 aromatic heterocycles. The molecule has 0 aliphatic heterocycles. The fourth-order valence-corrected chi connectivity index (χ4v) is 1.85. The van der Waals surface area contributed by atoms with E-state index in [9.17, 15) is 9.90 Å². The number of ether oxygens (including phenoxy) is 1. The van der Waals surface area contributed by atoms with Gasteiger partial charge in [0.15, 0.2) is 11.5 Å². The third-order valence-electron chi connectivity index (χ3n) is 2.90. The second kappa shape index (κ2) is 6.06. The van der Waals surface area contributed by atoms with Crippen molar-refractivity contribution in [3.8, 4) is 11.5 Å². The van der Waals surface area contributed by atoms with E-state index in [2.05, 4.69) is 4.98 Å². The SMILES string of the molecule is COc1ccc(C(=O)N(C)Cc2ccccn2)cc1O. The Morgan fingerprint density at radius 3 is 2.75 bits per heavy atom. The van der Waals surface area contributed by atoms with Gasteiger partial charge in [-0.25, -0.2) is 0 Å². The van der Waals surface area contributed by atoms with E-state index in [4.69, 9.17) is 4.74 Å². The third-order valence-corrected chi connectivity index (χ3v) is 2.90. The number of rotatable bonds is 4. The molecule has 0 aliphatic rings. The Bertz CT molecular complexity index is 599. The first-order chi connectivity index (χ1) is 9.61. The van der Waals surface area contributed by atoms with Crippen molar-refractivity contribution in [3.05, 3.63) is 53.9 Å². The summed E-state index contributed by atoms with van der Waals surface area (Å²) in [6, 6.07) is 10.1. The molecule has 0 saturated heterocycles. The molecular formula is C15H16N2O3. The maximum Gasteiger partial charge on any atom is 0.254 e. The van der Waals surface area contributed by atoms with Crippen molar-refractivity contribution >= 4 is 5.91 Å². The lowest BCUT2D eigenvalue weighted by atomic mass is 10.1. The predicted octanol–water partition coefficient (Wildman–Crippen LogP) is 2.07. The van der Waals surface area contributed by atoms with Gasteiger partial charge in [-0.15, -0.1) is 0 Å². The number of hydrogen-bond acceptors (Lipinski definition) is 4. The average Bonchev–Trinajstić information content (AvgIpc) is 2.47. The van der Waals surface area contributed by atoms with E-state index in [-0.39, 0.29) is 11.7 Å². The summed E-state index contributed by atoms with van der Waals surface area (Å²) in [6.07, 6.45) is 1.69. The molecule has 0 atom stereocenters. The number of benzene rings is 1. The van der Waals surface area contributed by atoms with E-state index in [0.29, 0.717) is 17.9 Å². The number of nitrogens with zero attached hydrogens (tertiary/aromatic N) is 2. The van der Waals surface area contributed by atoms with Crippen molar-refractivity contribution in [2.24, 2.45) is 0 Å². The van der Waals surface area contributed by atoms with Gasteiger partial charge in [-0.1, -0.05) is 6.07 Å². The van der Waals surface area contributed by atoms with Gasteiger partial charge in [0, 0.05) is 18.8 Å². The Labute approximate surface area is 117 Å². The highest BCUT2D eigenvalue weighted by Gasteiger charge is 2.14. The van der Waals surface area contributed by atoms with E-state index >= 15 is 0 Å². The zero-order valence-corrected chi connectivity index (χ0v) is 11.4. The maximum absolute atomic E-state index is 12.2. The van der Waals surface area contributed by atoms with E-state index in [0.717, 1.165) is 5.69 Å². The van der Waals surface area contributed by atoms with Crippen molar-refractivity contribution < 1.29 is 14.6 Å². The molecule has 104 valence electrons. The van der Waals surface area contributed by atoms with Gasteiger partial charge in [-0.3, -0.25) is 9.78 Å². The van der Waals surface area contributed by atoms with Crippen molar-refractivity contribution in [2.45, 2.75) is 6.54 Å². The zero-order valence-electron chi connectivity index (χ0n) is 11.4. The Morgan fingerprint density at radius 2 is 2.15 bits per heavy atom. The molecule has 2 aromatic rings. The van der Waals surface area contributed by atoms with Crippen LogP contribution in [0.3, 0.4) is 0 Å². The van der Waals surface area contributed by atoms with Crippen LogP contribution in [0.2, 0.25) is 0 Å². The molecule has 0 fully saturated rings. The summed E-state index contributed by atoms with van der Waals surface area (Å²) >= 11 is 0. The highest BCUT2D eigenvalue weighted by atomic mass is 16.5. The molecule has 1 N–H and O–H groups in total. The molecule has 20 heavy (non-hydrogen) atoms. The molecule has 0 radical (unpaired) electrons. The summed E-state index contributed by atoms with van der Waals surface area (Å²) in [5.41, 5.74) is 1.21. The number of pyridine rings is 1. The van der Waals surface area contributed by atoms with Gasteiger partial charge in [-0.05, 0) is 30.3 Å². The number of hydrogen-bond donors (Lipinski definition) is 1. The lowest BCUT2D eigenvalue weighted by molar-refractivity contribution is 0.0783. The number of aromatic hydroxyl groups is 1. The molecule has 0 saturated carbocycles. The van der Waals surface area contributed by atoms with Crippen LogP contribution in [0.5, 0.6) is 11.5 Å². The van der Waals surface area contributed by atoms with Crippen LogP contribution in [0.25, 0.3) is 0 Å². The largest absolute Gasteiger partial charge is 0.504 e. The molecule has 1 heterocycles. The molecule has 0 bridgehead atoms. The van der Waals surface area contributed by atoms with Crippen molar-refractivity contribution in [1.82, 2.24) is 9.88 Å². The molecule has 1 aromatic carbocycles. The highest BCUT2D eigenvalue weighted by molar-refractivity contribution is 5.94. The molecule has 5 nitrogen and oxygen atoms in total. The lowest BCUT2D eigenvalue weighted by Gasteiger charge is -2.17. The first-order valence-corrected chi connectivity index (χ1v) is 6.14. The predicted molar refractivity (Wildman–Crippen MR) is 74.7 cm³/mol. The molecule has 2 rings (SSSR count). The number of carbonyl (C=O) groups is 1. The Kier molecular flexibility index (Phi) is 4.20. The average molecular weight is 272 g/mol. The van der Waals surface area contributed by atoms with Crippen LogP contribution < -0.4 is 4.74 Å². The van der Waals surface area contributed by atoms with E-state index in [1.54, 1.807) is 30.3 Å². The Balaban J connectivity index is 2.12. The number of phenolic OH excluding ortho intramolecular Hbond substituents is 1. The van der Waals surface area contributed by atoms with Gasteiger partial charge in [0.1, 0.15) is 0 Å². The standard InChI is InChI=1S/C15H16N2O3/c1-17(10-12-5-3-4-8-16-12)15(19)11-6-7-14(20-2)13(18)9-11/h3-9,18H,10H2,1-2H3. The Hall–Kier alpha value is -2.56. The van der Waals surface area contributed by atoms with E-state index < -0.39 is 0 Å². The molecule has 0 unspecified atom stereocenters. The Morgan fingerprint density at radius 1 is 1.35 bits per heavy atom. The molecule has 1 amide bonds. The molecular weight excluding hydrogens is 256 g/mol. The van der Waals surface area contributed by atoms with Crippen LogP contribution in [-0.4, -0.2) is 35.1 Å². The molecule has 0 spiro atoms. The van der Waals surface area contributed by atoms with Gasteiger partial charge in [0.25, 0.3) is 5.91 Å². The minimum absolute atomic E-state index is 0.0513. The third kappa shape index (κ3) is 3.06. The van der Waals surface area contributed by atoms with Crippen LogP contribution in [0, 0.1) is 0 Å². The fraction of sp³-hybridized carbons (Fsp3) is 0.200. The van der Waals surface area contributed by atoms with Gasteiger partial charge >= 0.3 is 0 Å². The van der Waals surface area contributed by atoms with E-state index in [1.807, 2.05) is 18.2 Å². The van der Waals surface area contributed by atoms with Gasteiger partial charge in [0.2, 0.25) is 0 Å². The minimum atomic E-state index is -0.186. The number of amides is 1. The normalized spacial score (nSPS) is 10.1. The van der Waals surface area contributed by atoms with Gasteiger partial charge in [0.05, 0.1) is 19.3 Å². The first kappa shape index (κ1) is 13.9. The summed E-state index contributed by atoms with van der Waals surface area (Å²) < 4.78 is 4.95. The molecule has 5 heteroatoms. The quantitative estimate of drug-likeness (QED) is 0.925. The van der Waals surface area contributed by atoms with Gasteiger partial charge < -0.3 is 14.7 Å². The van der Waals surface area contributed by atoms with Gasteiger partial charge in [-0.2, -0.15) is 0 Å². The van der Waals surface area contributed by atoms with Crippen molar-refractivity contribution in [3.63, 3.8) is 0 Å². The zero-order chi connectivity index (χ0) is 14.5. The van der Waals surface area contributed by atoms with E-state index in [1.165, 1.54) is 13.2 Å². The summed E-state index contributed by atoms with van der Waals surface area (Å²) in [5, 5.41) is 9.70. The lowest BCUT2D eigenvalue weighted by Crippen LogP contribution is -2.26. The smallest absolute Gasteiger partial charge is 0.254 e. The fourth-order valence-electron chi connectivity index (χ4n) is 1.85. The van der Waals surface area contributed by atoms with Crippen LogP contribution in [0.15, 0.2) is 42.6 Å². The number of carbonyl (C=O) groups excluding carboxylic acids is 1. The van der Waals surface area contributed by atoms with Crippen LogP contribution >= 0.6 is 0 Å². The van der Waals surface area contributed by atoms with Crippen molar-refractivity contribution in [1.29, 1.82) is 0 Å². The summed E-state index contributed by atoms with van der Waals surface area (Å²) in [6.45, 7) is 0.409. The summed E-state index contributed by atoms with van der Waals surface area (Å²) in [5.74, 6) is 0.104. The number of methoxy groups -OCH3 is 1. The van der Waals surface area contributed by atoms with Crippen molar-refractivity contribution in [2.75, 3.05) is 14.2 Å². The second-order valence-electron chi connectivity index (χ2n) is 4.37.